The standard InChI is InChI=1S/C15H13Cl2NO2/c1-9-2-3-10(4-11(9)16)7-18-13-6-15-14(5-12(13)17)19-8-20-15/h2-6,18H,7-8H2,1H3. The third-order valence-corrected chi connectivity index (χ3v) is 3.90. The number of rotatable bonds is 3. The zero-order chi connectivity index (χ0) is 14.1. The number of halogens is 2. The van der Waals surface area contributed by atoms with Crippen molar-refractivity contribution in [2.45, 2.75) is 13.5 Å². The minimum Gasteiger partial charge on any atom is -0.454 e. The number of hydrogen-bond donors (Lipinski definition) is 1. The summed E-state index contributed by atoms with van der Waals surface area (Å²) < 4.78 is 10.6. The van der Waals surface area contributed by atoms with Crippen LogP contribution >= 0.6 is 23.2 Å². The van der Waals surface area contributed by atoms with Crippen molar-refractivity contribution in [2.24, 2.45) is 0 Å². The summed E-state index contributed by atoms with van der Waals surface area (Å²) in [5, 5.41) is 4.65. The van der Waals surface area contributed by atoms with Crippen LogP contribution in [0.15, 0.2) is 30.3 Å². The molecule has 3 rings (SSSR count). The predicted molar refractivity (Wildman–Crippen MR) is 81.1 cm³/mol. The van der Waals surface area contributed by atoms with Gasteiger partial charge in [-0.15, -0.1) is 0 Å². The van der Waals surface area contributed by atoms with Crippen molar-refractivity contribution in [3.8, 4) is 11.5 Å². The van der Waals surface area contributed by atoms with Crippen molar-refractivity contribution < 1.29 is 9.47 Å². The first kappa shape index (κ1) is 13.4. The number of ether oxygens (including phenoxy) is 2. The molecule has 5 heteroatoms. The maximum Gasteiger partial charge on any atom is 0.231 e. The average molecular weight is 310 g/mol. The minimum absolute atomic E-state index is 0.239. The first-order valence-electron chi connectivity index (χ1n) is 6.21. The summed E-state index contributed by atoms with van der Waals surface area (Å²) in [5.74, 6) is 1.39. The normalized spacial score (nSPS) is 12.6. The van der Waals surface area contributed by atoms with Gasteiger partial charge in [-0.3, -0.25) is 0 Å². The van der Waals surface area contributed by atoms with E-state index in [-0.39, 0.29) is 6.79 Å². The molecule has 2 aromatic rings. The van der Waals surface area contributed by atoms with Crippen LogP contribution in [0.2, 0.25) is 10.0 Å². The summed E-state index contributed by atoms with van der Waals surface area (Å²) in [6, 6.07) is 9.59. The number of fused-ring (bicyclic) bond motifs is 1. The van der Waals surface area contributed by atoms with Crippen molar-refractivity contribution in [1.29, 1.82) is 0 Å². The number of benzene rings is 2. The SMILES string of the molecule is Cc1ccc(CNc2cc3c(cc2Cl)OCO3)cc1Cl. The summed E-state index contributed by atoms with van der Waals surface area (Å²) in [6.07, 6.45) is 0. The Balaban J connectivity index is 1.76. The second kappa shape index (κ2) is 5.43. The molecule has 3 nitrogen and oxygen atoms in total. The van der Waals surface area contributed by atoms with E-state index < -0.39 is 0 Å². The van der Waals surface area contributed by atoms with E-state index in [0.29, 0.717) is 23.1 Å². The topological polar surface area (TPSA) is 30.5 Å². The van der Waals surface area contributed by atoms with Crippen molar-refractivity contribution in [2.75, 3.05) is 12.1 Å². The summed E-state index contributed by atoms with van der Waals surface area (Å²) in [7, 11) is 0. The molecule has 1 aliphatic heterocycles. The van der Waals surface area contributed by atoms with Crippen LogP contribution in [0.5, 0.6) is 11.5 Å². The van der Waals surface area contributed by atoms with Crippen molar-refractivity contribution >= 4 is 28.9 Å². The van der Waals surface area contributed by atoms with Crippen LogP contribution in [-0.4, -0.2) is 6.79 Å². The van der Waals surface area contributed by atoms with Gasteiger partial charge in [-0.2, -0.15) is 0 Å². The molecule has 1 heterocycles. The van der Waals surface area contributed by atoms with Gasteiger partial charge >= 0.3 is 0 Å². The Hall–Kier alpha value is -1.58. The molecule has 1 N–H and O–H groups in total. The van der Waals surface area contributed by atoms with E-state index in [1.807, 2.05) is 31.2 Å². The molecular weight excluding hydrogens is 297 g/mol. The molecule has 2 aromatic carbocycles. The first-order valence-corrected chi connectivity index (χ1v) is 6.97. The lowest BCUT2D eigenvalue weighted by molar-refractivity contribution is 0.174. The molecular formula is C15H13Cl2NO2. The summed E-state index contributed by atoms with van der Waals surface area (Å²) in [6.45, 7) is 2.86. The maximum atomic E-state index is 6.21. The maximum absolute atomic E-state index is 6.21. The molecule has 104 valence electrons. The van der Waals surface area contributed by atoms with Crippen LogP contribution in [-0.2, 0) is 6.54 Å². The number of anilines is 1. The van der Waals surface area contributed by atoms with Gasteiger partial charge in [-0.25, -0.2) is 0 Å². The fourth-order valence-electron chi connectivity index (χ4n) is 2.00. The molecule has 0 unspecified atom stereocenters. The third-order valence-electron chi connectivity index (χ3n) is 3.18. The van der Waals surface area contributed by atoms with E-state index >= 15 is 0 Å². The molecule has 0 amide bonds. The van der Waals surface area contributed by atoms with E-state index in [2.05, 4.69) is 5.32 Å². The summed E-state index contributed by atoms with van der Waals surface area (Å²) in [5.41, 5.74) is 2.97. The Bertz CT molecular complexity index is 659. The van der Waals surface area contributed by atoms with Crippen LogP contribution in [0.4, 0.5) is 5.69 Å². The monoisotopic (exact) mass is 309 g/mol. The third kappa shape index (κ3) is 2.65. The number of nitrogens with one attached hydrogen (secondary N) is 1. The quantitative estimate of drug-likeness (QED) is 0.895. The Kier molecular flexibility index (Phi) is 3.64. The lowest BCUT2D eigenvalue weighted by atomic mass is 10.1. The lowest BCUT2D eigenvalue weighted by Crippen LogP contribution is -2.00. The molecule has 0 fully saturated rings. The minimum atomic E-state index is 0.239. The molecule has 0 aliphatic carbocycles. The van der Waals surface area contributed by atoms with Crippen LogP contribution in [0, 0.1) is 6.92 Å². The molecule has 0 aromatic heterocycles. The second-order valence-electron chi connectivity index (χ2n) is 4.62. The van der Waals surface area contributed by atoms with Crippen LogP contribution in [0.3, 0.4) is 0 Å². The molecule has 0 saturated heterocycles. The predicted octanol–water partition coefficient (Wildman–Crippen LogP) is 4.64. The van der Waals surface area contributed by atoms with E-state index in [1.165, 1.54) is 0 Å². The van der Waals surface area contributed by atoms with Gasteiger partial charge in [0.2, 0.25) is 6.79 Å². The van der Waals surface area contributed by atoms with Gasteiger partial charge in [0.15, 0.2) is 11.5 Å². The van der Waals surface area contributed by atoms with Gasteiger partial charge in [0.25, 0.3) is 0 Å². The zero-order valence-corrected chi connectivity index (χ0v) is 12.4. The van der Waals surface area contributed by atoms with Crippen LogP contribution < -0.4 is 14.8 Å². The number of aryl methyl sites for hydroxylation is 1. The highest BCUT2D eigenvalue weighted by Gasteiger charge is 2.16. The highest BCUT2D eigenvalue weighted by atomic mass is 35.5. The fourth-order valence-corrected chi connectivity index (χ4v) is 2.42. The average Bonchev–Trinajstić information content (AvgIpc) is 2.87. The van der Waals surface area contributed by atoms with Gasteiger partial charge in [0.1, 0.15) is 0 Å². The molecule has 1 aliphatic rings. The van der Waals surface area contributed by atoms with Crippen LogP contribution in [0.1, 0.15) is 11.1 Å². The van der Waals surface area contributed by atoms with Crippen molar-refractivity contribution in [1.82, 2.24) is 0 Å². The van der Waals surface area contributed by atoms with Gasteiger partial charge in [-0.1, -0.05) is 35.3 Å². The Morgan fingerprint density at radius 3 is 2.55 bits per heavy atom. The van der Waals surface area contributed by atoms with E-state index in [1.54, 1.807) is 6.07 Å². The Labute approximate surface area is 127 Å². The van der Waals surface area contributed by atoms with Gasteiger partial charge in [0.05, 0.1) is 10.7 Å². The molecule has 0 spiro atoms. The van der Waals surface area contributed by atoms with Gasteiger partial charge in [0, 0.05) is 23.7 Å². The fraction of sp³-hybridized carbons (Fsp3) is 0.200. The lowest BCUT2D eigenvalue weighted by Gasteiger charge is -2.10. The molecule has 0 bridgehead atoms. The molecule has 0 atom stereocenters. The van der Waals surface area contributed by atoms with E-state index in [9.17, 15) is 0 Å². The van der Waals surface area contributed by atoms with Crippen molar-refractivity contribution in [3.63, 3.8) is 0 Å². The highest BCUT2D eigenvalue weighted by molar-refractivity contribution is 6.33. The molecule has 20 heavy (non-hydrogen) atoms. The molecule has 0 radical (unpaired) electrons. The first-order chi connectivity index (χ1) is 9.63. The van der Waals surface area contributed by atoms with Crippen molar-refractivity contribution in [3.05, 3.63) is 51.5 Å². The smallest absolute Gasteiger partial charge is 0.231 e. The van der Waals surface area contributed by atoms with Crippen LogP contribution in [0.25, 0.3) is 0 Å². The van der Waals surface area contributed by atoms with E-state index in [0.717, 1.165) is 21.8 Å². The summed E-state index contributed by atoms with van der Waals surface area (Å²) >= 11 is 12.3. The molecule has 0 saturated carbocycles. The Morgan fingerprint density at radius 2 is 1.80 bits per heavy atom. The summed E-state index contributed by atoms with van der Waals surface area (Å²) in [4.78, 5) is 0. The van der Waals surface area contributed by atoms with Gasteiger partial charge in [-0.05, 0) is 24.1 Å². The number of hydrogen-bond acceptors (Lipinski definition) is 3. The van der Waals surface area contributed by atoms with Gasteiger partial charge < -0.3 is 14.8 Å². The Morgan fingerprint density at radius 1 is 1.05 bits per heavy atom. The zero-order valence-electron chi connectivity index (χ0n) is 10.9. The van der Waals surface area contributed by atoms with E-state index in [4.69, 9.17) is 32.7 Å². The second-order valence-corrected chi connectivity index (χ2v) is 5.44. The largest absolute Gasteiger partial charge is 0.454 e. The highest BCUT2D eigenvalue weighted by Crippen LogP contribution is 2.39.